The molecule has 0 saturated carbocycles. The number of rotatable bonds is 9. The summed E-state index contributed by atoms with van der Waals surface area (Å²) in [6.45, 7) is 8.78. The zero-order valence-electron chi connectivity index (χ0n) is 15.4. The summed E-state index contributed by atoms with van der Waals surface area (Å²) < 4.78 is 5.21. The normalized spacial score (nSPS) is 12.1. The van der Waals surface area contributed by atoms with Gasteiger partial charge in [0.1, 0.15) is 11.8 Å². The molecule has 0 radical (unpaired) electrons. The lowest BCUT2D eigenvalue weighted by molar-refractivity contribution is -0.123. The van der Waals surface area contributed by atoms with Crippen LogP contribution in [0, 0.1) is 11.8 Å². The molecule has 24 heavy (non-hydrogen) atoms. The minimum atomic E-state index is -0.568. The van der Waals surface area contributed by atoms with E-state index >= 15 is 0 Å². The van der Waals surface area contributed by atoms with Gasteiger partial charge in [-0.25, -0.2) is 0 Å². The fourth-order valence-electron chi connectivity index (χ4n) is 2.42. The van der Waals surface area contributed by atoms with Crippen molar-refractivity contribution in [3.05, 3.63) is 29.8 Å². The van der Waals surface area contributed by atoms with Crippen molar-refractivity contribution in [2.24, 2.45) is 11.8 Å². The summed E-state index contributed by atoms with van der Waals surface area (Å²) in [4.78, 5) is 24.9. The Balaban J connectivity index is 2.68. The van der Waals surface area contributed by atoms with Crippen molar-refractivity contribution in [2.45, 2.75) is 46.6 Å². The lowest BCUT2D eigenvalue weighted by Gasteiger charge is -2.22. The molecular formula is C19H30N2O3. The molecule has 0 aliphatic carbocycles. The summed E-state index contributed by atoms with van der Waals surface area (Å²) >= 11 is 0. The highest BCUT2D eigenvalue weighted by Gasteiger charge is 2.25. The Labute approximate surface area is 145 Å². The van der Waals surface area contributed by atoms with Crippen LogP contribution in [0.5, 0.6) is 5.75 Å². The van der Waals surface area contributed by atoms with E-state index in [0.717, 1.165) is 12.8 Å². The van der Waals surface area contributed by atoms with Crippen molar-refractivity contribution in [3.63, 3.8) is 0 Å². The lowest BCUT2D eigenvalue weighted by Crippen LogP contribution is -2.49. The van der Waals surface area contributed by atoms with Crippen LogP contribution in [0.25, 0.3) is 0 Å². The van der Waals surface area contributed by atoms with Gasteiger partial charge in [-0.2, -0.15) is 0 Å². The molecular weight excluding hydrogens is 304 g/mol. The molecule has 134 valence electrons. The van der Waals surface area contributed by atoms with Crippen molar-refractivity contribution in [2.75, 3.05) is 13.7 Å². The number of hydrogen-bond donors (Lipinski definition) is 2. The van der Waals surface area contributed by atoms with E-state index in [1.165, 1.54) is 7.11 Å². The maximum absolute atomic E-state index is 12.5. The van der Waals surface area contributed by atoms with Gasteiger partial charge < -0.3 is 15.4 Å². The summed E-state index contributed by atoms with van der Waals surface area (Å²) in [7, 11) is 1.52. The van der Waals surface area contributed by atoms with E-state index in [0.29, 0.717) is 23.8 Å². The van der Waals surface area contributed by atoms with Crippen molar-refractivity contribution in [1.29, 1.82) is 0 Å². The molecule has 1 atom stereocenters. The van der Waals surface area contributed by atoms with E-state index in [1.807, 2.05) is 13.8 Å². The topological polar surface area (TPSA) is 67.4 Å². The molecule has 0 aromatic heterocycles. The largest absolute Gasteiger partial charge is 0.496 e. The van der Waals surface area contributed by atoms with Gasteiger partial charge in [-0.15, -0.1) is 0 Å². The predicted octanol–water partition coefficient (Wildman–Crippen LogP) is 3.00. The van der Waals surface area contributed by atoms with Gasteiger partial charge in [0.2, 0.25) is 5.91 Å². The molecule has 1 aromatic rings. The minimum Gasteiger partial charge on any atom is -0.496 e. The second-order valence-electron chi connectivity index (χ2n) is 6.72. The molecule has 2 amide bonds. The first kappa shape index (κ1) is 20.0. The Hall–Kier alpha value is -2.04. The third kappa shape index (κ3) is 6.22. The molecule has 0 bridgehead atoms. The molecule has 0 fully saturated rings. The molecule has 0 spiro atoms. The van der Waals surface area contributed by atoms with Crippen LogP contribution in [-0.4, -0.2) is 31.5 Å². The monoisotopic (exact) mass is 334 g/mol. The molecule has 0 aliphatic rings. The Kier molecular flexibility index (Phi) is 8.30. The first-order chi connectivity index (χ1) is 11.4. The lowest BCUT2D eigenvalue weighted by atomic mass is 10.0. The zero-order chi connectivity index (χ0) is 18.1. The molecule has 5 nitrogen and oxygen atoms in total. The van der Waals surface area contributed by atoms with Crippen LogP contribution in [-0.2, 0) is 4.79 Å². The maximum Gasteiger partial charge on any atom is 0.255 e. The smallest absolute Gasteiger partial charge is 0.255 e. The van der Waals surface area contributed by atoms with Gasteiger partial charge in [-0.05, 0) is 36.8 Å². The van der Waals surface area contributed by atoms with Crippen molar-refractivity contribution >= 4 is 11.8 Å². The van der Waals surface area contributed by atoms with Crippen LogP contribution >= 0.6 is 0 Å². The highest BCUT2D eigenvalue weighted by Crippen LogP contribution is 2.17. The standard InChI is InChI=1S/C19H30N2O3/c1-13(2)9-8-12-20-19(23)17(14(3)4)21-18(22)15-10-6-7-11-16(15)24-5/h6-7,10-11,13-14,17H,8-9,12H2,1-5H3,(H,20,23)(H,21,22). The predicted molar refractivity (Wildman–Crippen MR) is 96.2 cm³/mol. The summed E-state index contributed by atoms with van der Waals surface area (Å²) in [5, 5.41) is 5.75. The SMILES string of the molecule is COc1ccccc1C(=O)NC(C(=O)NCCCC(C)C)C(C)C. The number of carbonyl (C=O) groups is 2. The van der Waals surface area contributed by atoms with Crippen LogP contribution < -0.4 is 15.4 Å². The van der Waals surface area contributed by atoms with Gasteiger partial charge in [-0.1, -0.05) is 39.8 Å². The molecule has 1 rings (SSSR count). The van der Waals surface area contributed by atoms with Gasteiger partial charge >= 0.3 is 0 Å². The van der Waals surface area contributed by atoms with E-state index in [4.69, 9.17) is 4.74 Å². The summed E-state index contributed by atoms with van der Waals surface area (Å²) in [6.07, 6.45) is 2.01. The number of hydrogen-bond acceptors (Lipinski definition) is 3. The summed E-state index contributed by atoms with van der Waals surface area (Å²) in [5.74, 6) is 0.664. The van der Waals surface area contributed by atoms with Crippen LogP contribution in [0.1, 0.15) is 50.9 Å². The molecule has 1 aromatic carbocycles. The second kappa shape index (κ2) is 9.96. The summed E-state index contributed by atoms with van der Waals surface area (Å²) in [5.41, 5.74) is 0.429. The Morgan fingerprint density at radius 1 is 1.12 bits per heavy atom. The Morgan fingerprint density at radius 2 is 1.79 bits per heavy atom. The van der Waals surface area contributed by atoms with Crippen molar-refractivity contribution in [1.82, 2.24) is 10.6 Å². The van der Waals surface area contributed by atoms with Crippen LogP contribution in [0.3, 0.4) is 0 Å². The number of carbonyl (C=O) groups excluding carboxylic acids is 2. The van der Waals surface area contributed by atoms with E-state index in [1.54, 1.807) is 24.3 Å². The molecule has 0 heterocycles. The van der Waals surface area contributed by atoms with E-state index in [2.05, 4.69) is 24.5 Å². The molecule has 0 saturated heterocycles. The highest BCUT2D eigenvalue weighted by molar-refractivity contribution is 5.99. The summed E-state index contributed by atoms with van der Waals surface area (Å²) in [6, 6.07) is 6.42. The first-order valence-electron chi connectivity index (χ1n) is 8.58. The van der Waals surface area contributed by atoms with E-state index < -0.39 is 6.04 Å². The number of amides is 2. The number of benzene rings is 1. The fraction of sp³-hybridized carbons (Fsp3) is 0.579. The second-order valence-corrected chi connectivity index (χ2v) is 6.72. The van der Waals surface area contributed by atoms with Gasteiger partial charge in [0.05, 0.1) is 12.7 Å². The van der Waals surface area contributed by atoms with Crippen LogP contribution in [0.15, 0.2) is 24.3 Å². The quantitative estimate of drug-likeness (QED) is 0.682. The van der Waals surface area contributed by atoms with E-state index in [9.17, 15) is 9.59 Å². The van der Waals surface area contributed by atoms with Gasteiger partial charge in [-0.3, -0.25) is 9.59 Å². The number of nitrogens with one attached hydrogen (secondary N) is 2. The number of para-hydroxylation sites is 1. The zero-order valence-corrected chi connectivity index (χ0v) is 15.4. The molecule has 2 N–H and O–H groups in total. The molecule has 1 unspecified atom stereocenters. The van der Waals surface area contributed by atoms with Crippen molar-refractivity contribution in [3.8, 4) is 5.75 Å². The van der Waals surface area contributed by atoms with Gasteiger partial charge in [0.25, 0.3) is 5.91 Å². The van der Waals surface area contributed by atoms with Gasteiger partial charge in [0, 0.05) is 6.54 Å². The third-order valence-corrected chi connectivity index (χ3v) is 3.84. The first-order valence-corrected chi connectivity index (χ1v) is 8.58. The molecule has 0 aliphatic heterocycles. The maximum atomic E-state index is 12.5. The molecule has 5 heteroatoms. The Morgan fingerprint density at radius 3 is 2.38 bits per heavy atom. The number of ether oxygens (including phenoxy) is 1. The third-order valence-electron chi connectivity index (χ3n) is 3.84. The fourth-order valence-corrected chi connectivity index (χ4v) is 2.42. The highest BCUT2D eigenvalue weighted by atomic mass is 16.5. The minimum absolute atomic E-state index is 0.00578. The average molecular weight is 334 g/mol. The van der Waals surface area contributed by atoms with Crippen LogP contribution in [0.4, 0.5) is 0 Å². The average Bonchev–Trinajstić information content (AvgIpc) is 2.55. The van der Waals surface area contributed by atoms with Gasteiger partial charge in [0.15, 0.2) is 0 Å². The number of methoxy groups -OCH3 is 1. The Bertz CT molecular complexity index is 541. The van der Waals surface area contributed by atoms with E-state index in [-0.39, 0.29) is 17.7 Å². The van der Waals surface area contributed by atoms with Crippen molar-refractivity contribution < 1.29 is 14.3 Å². The van der Waals surface area contributed by atoms with Crippen LogP contribution in [0.2, 0.25) is 0 Å².